The van der Waals surface area contributed by atoms with Crippen LogP contribution >= 0.6 is 34.7 Å². The number of nitrogens with one attached hydrogen (secondary N) is 1. The highest BCUT2D eigenvalue weighted by Crippen LogP contribution is 2.40. The normalized spacial score (nSPS) is 15.7. The molecule has 0 radical (unpaired) electrons. The average Bonchev–Trinajstić information content (AvgIpc) is 2.52. The van der Waals surface area contributed by atoms with Crippen LogP contribution in [0.15, 0.2) is 23.1 Å². The highest BCUT2D eigenvalue weighted by molar-refractivity contribution is 7.99. The number of carbonyl (C=O) groups is 1. The van der Waals surface area contributed by atoms with Crippen molar-refractivity contribution in [3.05, 3.63) is 28.1 Å². The Bertz CT molecular complexity index is 579. The summed E-state index contributed by atoms with van der Waals surface area (Å²) in [6.45, 7) is 0.736. The zero-order valence-electron chi connectivity index (χ0n) is 8.25. The van der Waals surface area contributed by atoms with Crippen LogP contribution in [0.3, 0.4) is 0 Å². The van der Waals surface area contributed by atoms with Crippen molar-refractivity contribution in [2.75, 3.05) is 12.3 Å². The quantitative estimate of drug-likeness (QED) is 0.794. The molecule has 1 aromatic carbocycles. The second kappa shape index (κ2) is 3.95. The zero-order valence-corrected chi connectivity index (χ0v) is 10.6. The molecule has 1 N–H and O–H groups in total. The second-order valence-corrected chi connectivity index (χ2v) is 6.10. The third kappa shape index (κ3) is 1.61. The minimum Gasteiger partial charge on any atom is -0.350 e. The Morgan fingerprint density at radius 1 is 1.38 bits per heavy atom. The molecule has 16 heavy (non-hydrogen) atoms. The highest BCUT2D eigenvalue weighted by atomic mass is 35.5. The molecule has 2 heterocycles. The van der Waals surface area contributed by atoms with Gasteiger partial charge in [-0.05, 0) is 12.1 Å². The predicted molar refractivity (Wildman–Crippen MR) is 69.9 cm³/mol. The van der Waals surface area contributed by atoms with E-state index >= 15 is 0 Å². The van der Waals surface area contributed by atoms with Gasteiger partial charge in [-0.15, -0.1) is 23.1 Å². The molecular weight excluding hydrogens is 262 g/mol. The number of hydrogen-bond donors (Lipinski definition) is 1. The Kier molecular flexibility index (Phi) is 2.58. The van der Waals surface area contributed by atoms with Crippen molar-refractivity contribution in [3.63, 3.8) is 0 Å². The van der Waals surface area contributed by atoms with E-state index in [1.807, 2.05) is 18.2 Å². The Hall–Kier alpha value is -0.710. The van der Waals surface area contributed by atoms with Crippen LogP contribution in [0.4, 0.5) is 0 Å². The van der Waals surface area contributed by atoms with Crippen LogP contribution in [0.25, 0.3) is 10.1 Å². The molecule has 0 atom stereocenters. The summed E-state index contributed by atoms with van der Waals surface area (Å²) >= 11 is 9.21. The molecule has 0 saturated carbocycles. The van der Waals surface area contributed by atoms with Crippen LogP contribution in [0.1, 0.15) is 9.67 Å². The maximum absolute atomic E-state index is 11.8. The summed E-state index contributed by atoms with van der Waals surface area (Å²) < 4.78 is 1.09. The maximum Gasteiger partial charge on any atom is 0.262 e. The molecule has 5 heteroatoms. The first-order chi connectivity index (χ1) is 7.75. The van der Waals surface area contributed by atoms with E-state index in [2.05, 4.69) is 5.32 Å². The minimum absolute atomic E-state index is 0.0392. The molecule has 0 saturated heterocycles. The lowest BCUT2D eigenvalue weighted by Crippen LogP contribution is -2.22. The average molecular weight is 270 g/mol. The Morgan fingerprint density at radius 3 is 3.12 bits per heavy atom. The van der Waals surface area contributed by atoms with Crippen LogP contribution in [0, 0.1) is 0 Å². The summed E-state index contributed by atoms with van der Waals surface area (Å²) in [5.41, 5.74) is 0. The van der Waals surface area contributed by atoms with Gasteiger partial charge in [-0.3, -0.25) is 4.79 Å². The largest absolute Gasteiger partial charge is 0.350 e. The molecule has 82 valence electrons. The van der Waals surface area contributed by atoms with Crippen LogP contribution < -0.4 is 5.32 Å². The summed E-state index contributed by atoms with van der Waals surface area (Å²) in [6, 6.07) is 5.79. The van der Waals surface area contributed by atoms with Crippen molar-refractivity contribution in [1.82, 2.24) is 5.32 Å². The van der Waals surface area contributed by atoms with E-state index in [-0.39, 0.29) is 5.91 Å². The summed E-state index contributed by atoms with van der Waals surface area (Å²) in [4.78, 5) is 13.7. The molecule has 0 aliphatic carbocycles. The number of fused-ring (bicyclic) bond motifs is 3. The number of benzene rings is 1. The molecule has 2 nitrogen and oxygen atoms in total. The zero-order chi connectivity index (χ0) is 11.1. The molecular formula is C11H8ClNOS2. The molecule has 0 fully saturated rings. The molecule has 2 aromatic rings. The standard InChI is InChI=1S/C11H8ClNOS2/c12-6-1-2-7-8(5-6)16-10-9(7)15-4-3-13-11(10)14/h1-2,5H,3-4H2,(H,13,14). The number of carbonyl (C=O) groups excluding carboxylic acids is 1. The van der Waals surface area contributed by atoms with Gasteiger partial charge in [0.25, 0.3) is 5.91 Å². The fraction of sp³-hybridized carbons (Fsp3) is 0.182. The molecule has 1 aliphatic heterocycles. The van der Waals surface area contributed by atoms with E-state index in [0.29, 0.717) is 5.02 Å². The van der Waals surface area contributed by atoms with Gasteiger partial charge < -0.3 is 5.32 Å². The van der Waals surface area contributed by atoms with E-state index in [4.69, 9.17) is 11.6 Å². The van der Waals surface area contributed by atoms with Crippen molar-refractivity contribution in [1.29, 1.82) is 0 Å². The van der Waals surface area contributed by atoms with Gasteiger partial charge in [0.15, 0.2) is 0 Å². The fourth-order valence-corrected chi connectivity index (χ4v) is 4.36. The SMILES string of the molecule is O=C1NCCSc2c1sc1cc(Cl)ccc21. The lowest BCUT2D eigenvalue weighted by Gasteiger charge is -1.96. The van der Waals surface area contributed by atoms with Gasteiger partial charge in [-0.1, -0.05) is 17.7 Å². The smallest absolute Gasteiger partial charge is 0.262 e. The van der Waals surface area contributed by atoms with Gasteiger partial charge in [0.05, 0.1) is 0 Å². The third-order valence-corrected chi connectivity index (χ3v) is 5.08. The van der Waals surface area contributed by atoms with E-state index in [9.17, 15) is 4.79 Å². The molecule has 1 amide bonds. The lowest BCUT2D eigenvalue weighted by atomic mass is 10.2. The van der Waals surface area contributed by atoms with Crippen molar-refractivity contribution >= 4 is 50.7 Å². The summed E-state index contributed by atoms with van der Waals surface area (Å²) in [5, 5.41) is 4.76. The minimum atomic E-state index is 0.0392. The van der Waals surface area contributed by atoms with Crippen molar-refractivity contribution < 1.29 is 4.79 Å². The lowest BCUT2D eigenvalue weighted by molar-refractivity contribution is 0.0959. The molecule has 0 spiro atoms. The summed E-state index contributed by atoms with van der Waals surface area (Å²) in [6.07, 6.45) is 0. The number of rotatable bonds is 0. The number of thioether (sulfide) groups is 1. The van der Waals surface area contributed by atoms with Crippen molar-refractivity contribution in [2.24, 2.45) is 0 Å². The van der Waals surface area contributed by atoms with E-state index < -0.39 is 0 Å². The molecule has 0 unspecified atom stereocenters. The molecule has 0 bridgehead atoms. The predicted octanol–water partition coefficient (Wildman–Crippen LogP) is 3.39. The highest BCUT2D eigenvalue weighted by Gasteiger charge is 2.21. The van der Waals surface area contributed by atoms with Crippen LogP contribution in [-0.2, 0) is 0 Å². The number of hydrogen-bond acceptors (Lipinski definition) is 3. The van der Waals surface area contributed by atoms with Gasteiger partial charge >= 0.3 is 0 Å². The number of halogens is 1. The Labute approximate surface area is 106 Å². The van der Waals surface area contributed by atoms with Gasteiger partial charge in [-0.25, -0.2) is 0 Å². The first kappa shape index (κ1) is 10.4. The first-order valence-corrected chi connectivity index (χ1v) is 7.07. The van der Waals surface area contributed by atoms with Gasteiger partial charge in [0.2, 0.25) is 0 Å². The maximum atomic E-state index is 11.8. The molecule has 1 aromatic heterocycles. The first-order valence-electron chi connectivity index (χ1n) is 4.89. The van der Waals surface area contributed by atoms with Crippen molar-refractivity contribution in [3.8, 4) is 0 Å². The summed E-state index contributed by atoms with van der Waals surface area (Å²) in [5.74, 6) is 0.963. The number of thiophene rings is 1. The van der Waals surface area contributed by atoms with Gasteiger partial charge in [0, 0.05) is 32.3 Å². The van der Waals surface area contributed by atoms with E-state index in [0.717, 1.165) is 32.2 Å². The Morgan fingerprint density at radius 2 is 2.25 bits per heavy atom. The van der Waals surface area contributed by atoms with Gasteiger partial charge in [0.1, 0.15) is 4.88 Å². The second-order valence-electron chi connectivity index (χ2n) is 3.51. The number of amides is 1. The van der Waals surface area contributed by atoms with E-state index in [1.54, 1.807) is 11.8 Å². The molecule has 1 aliphatic rings. The van der Waals surface area contributed by atoms with Crippen LogP contribution in [0.2, 0.25) is 5.02 Å². The van der Waals surface area contributed by atoms with Crippen LogP contribution in [0.5, 0.6) is 0 Å². The monoisotopic (exact) mass is 269 g/mol. The van der Waals surface area contributed by atoms with E-state index in [1.165, 1.54) is 11.3 Å². The molecule has 3 rings (SSSR count). The fourth-order valence-electron chi connectivity index (χ4n) is 1.74. The van der Waals surface area contributed by atoms with Crippen LogP contribution in [-0.4, -0.2) is 18.2 Å². The summed E-state index contributed by atoms with van der Waals surface area (Å²) in [7, 11) is 0. The third-order valence-electron chi connectivity index (χ3n) is 2.45. The topological polar surface area (TPSA) is 29.1 Å². The van der Waals surface area contributed by atoms with Crippen molar-refractivity contribution in [2.45, 2.75) is 4.90 Å². The van der Waals surface area contributed by atoms with Gasteiger partial charge in [-0.2, -0.15) is 0 Å². The Balaban J connectivity index is 2.29.